The molecule has 5 heterocycles. The molecule has 1 atom stereocenters. The Morgan fingerprint density at radius 2 is 1.81 bits per heavy atom. The van der Waals surface area contributed by atoms with Crippen LogP contribution in [0.15, 0.2) is 59.8 Å². The highest BCUT2D eigenvalue weighted by atomic mass is 35.5. The number of aromatic nitrogens is 5. The van der Waals surface area contributed by atoms with Gasteiger partial charge in [-0.25, -0.2) is 4.79 Å². The van der Waals surface area contributed by atoms with E-state index in [-0.39, 0.29) is 23.9 Å². The molecule has 3 fully saturated rings. The zero-order valence-electron chi connectivity index (χ0n) is 29.9. The number of rotatable bonds is 8. The Kier molecular flexibility index (Phi) is 9.54. The summed E-state index contributed by atoms with van der Waals surface area (Å²) in [6.45, 7) is 3.08. The summed E-state index contributed by atoms with van der Waals surface area (Å²) >= 11 is 6.03. The van der Waals surface area contributed by atoms with E-state index < -0.39 is 11.9 Å². The second-order valence-electron chi connectivity index (χ2n) is 14.7. The Balaban J connectivity index is 0.880. The van der Waals surface area contributed by atoms with Crippen LogP contribution in [0.5, 0.6) is 5.75 Å². The van der Waals surface area contributed by atoms with Crippen LogP contribution in [-0.4, -0.2) is 73.3 Å². The lowest BCUT2D eigenvalue weighted by atomic mass is 9.84. The van der Waals surface area contributed by atoms with Gasteiger partial charge in [0.25, 0.3) is 5.91 Å². The zero-order valence-corrected chi connectivity index (χ0v) is 30.6. The standard InChI is InChI=1S/C39H43ClN8O5/c1-45-36-29(4-3-5-32(36)48(39(45)52)33-10-11-35(49)43-38(33)51)24-12-14-46(15-13-24)21-23-6-8-28(9-7-23)47-22-26-17-31(34(53-2)18-30(26)44-47)42-37(50)25-16-27(40)20-41-19-25/h3-5,16-20,22-24,28,33H,6-15,21H2,1-2H3,(H,42,50)(H,43,49,51). The number of imide groups is 1. The van der Waals surface area contributed by atoms with Crippen LogP contribution in [0.1, 0.15) is 85.3 Å². The highest BCUT2D eigenvalue weighted by Gasteiger charge is 2.33. The summed E-state index contributed by atoms with van der Waals surface area (Å²) in [4.78, 5) is 57.4. The Morgan fingerprint density at radius 1 is 1.02 bits per heavy atom. The van der Waals surface area contributed by atoms with Crippen molar-refractivity contribution in [3.05, 3.63) is 81.6 Å². The number of carbonyl (C=O) groups excluding carboxylic acids is 3. The average Bonchev–Trinajstić information content (AvgIpc) is 3.69. The number of methoxy groups -OCH3 is 1. The van der Waals surface area contributed by atoms with Crippen LogP contribution in [0.4, 0.5) is 5.69 Å². The molecule has 1 aliphatic carbocycles. The number of halogens is 1. The molecular weight excluding hydrogens is 696 g/mol. The molecule has 276 valence electrons. The van der Waals surface area contributed by atoms with Crippen molar-refractivity contribution in [3.8, 4) is 5.75 Å². The van der Waals surface area contributed by atoms with Crippen molar-refractivity contribution in [1.82, 2.24) is 34.1 Å². The summed E-state index contributed by atoms with van der Waals surface area (Å²) in [5, 5.41) is 11.6. The number of nitrogens with one attached hydrogen (secondary N) is 2. The maximum absolute atomic E-state index is 13.4. The number of amides is 3. The summed E-state index contributed by atoms with van der Waals surface area (Å²) in [7, 11) is 3.36. The number of anilines is 1. The van der Waals surface area contributed by atoms with Crippen LogP contribution in [0, 0.1) is 5.92 Å². The highest BCUT2D eigenvalue weighted by Crippen LogP contribution is 2.38. The smallest absolute Gasteiger partial charge is 0.329 e. The van der Waals surface area contributed by atoms with Crippen molar-refractivity contribution < 1.29 is 19.1 Å². The number of piperidine rings is 2. The van der Waals surface area contributed by atoms with Crippen LogP contribution < -0.4 is 21.1 Å². The van der Waals surface area contributed by atoms with Gasteiger partial charge < -0.3 is 15.0 Å². The Bertz CT molecular complexity index is 2280. The lowest BCUT2D eigenvalue weighted by molar-refractivity contribution is -0.135. The number of carbonyl (C=O) groups is 3. The molecule has 2 aromatic carbocycles. The molecule has 2 N–H and O–H groups in total. The molecule has 0 radical (unpaired) electrons. The molecule has 2 aliphatic heterocycles. The molecule has 8 rings (SSSR count). The maximum atomic E-state index is 13.4. The first-order valence-corrected chi connectivity index (χ1v) is 18.8. The van der Waals surface area contributed by atoms with E-state index in [2.05, 4.69) is 37.5 Å². The number of fused-ring (bicyclic) bond motifs is 2. The van der Waals surface area contributed by atoms with E-state index in [1.165, 1.54) is 12.4 Å². The van der Waals surface area contributed by atoms with E-state index in [4.69, 9.17) is 21.4 Å². The minimum atomic E-state index is -0.682. The molecule has 2 saturated heterocycles. The van der Waals surface area contributed by atoms with Crippen LogP contribution in [0.25, 0.3) is 21.9 Å². The molecule has 3 amide bonds. The Hall–Kier alpha value is -5.01. The Morgan fingerprint density at radius 3 is 2.55 bits per heavy atom. The normalized spacial score (nSPS) is 21.6. The predicted octanol–water partition coefficient (Wildman–Crippen LogP) is 5.59. The minimum absolute atomic E-state index is 0.223. The van der Waals surface area contributed by atoms with Crippen molar-refractivity contribution in [2.45, 2.75) is 69.4 Å². The third-order valence-corrected chi connectivity index (χ3v) is 11.7. The van der Waals surface area contributed by atoms with Crippen molar-refractivity contribution in [1.29, 1.82) is 0 Å². The summed E-state index contributed by atoms with van der Waals surface area (Å²) < 4.78 is 10.9. The third kappa shape index (κ3) is 6.83. The van der Waals surface area contributed by atoms with Gasteiger partial charge in [0.05, 0.1) is 46.0 Å². The van der Waals surface area contributed by atoms with E-state index in [1.807, 2.05) is 24.3 Å². The van der Waals surface area contributed by atoms with Gasteiger partial charge in [-0.1, -0.05) is 23.7 Å². The molecular formula is C39H43ClN8O5. The summed E-state index contributed by atoms with van der Waals surface area (Å²) in [6.07, 6.45) is 12.0. The fourth-order valence-corrected chi connectivity index (χ4v) is 8.84. The number of ether oxygens (including phenoxy) is 1. The van der Waals surface area contributed by atoms with Gasteiger partial charge in [-0.3, -0.25) is 38.5 Å². The summed E-state index contributed by atoms with van der Waals surface area (Å²) in [5.74, 6) is 0.461. The van der Waals surface area contributed by atoms with Crippen LogP contribution in [-0.2, 0) is 16.6 Å². The minimum Gasteiger partial charge on any atom is -0.494 e. The molecule has 13 nitrogen and oxygen atoms in total. The average molecular weight is 739 g/mol. The monoisotopic (exact) mass is 738 g/mol. The quantitative estimate of drug-likeness (QED) is 0.196. The highest BCUT2D eigenvalue weighted by molar-refractivity contribution is 6.30. The molecule has 0 bridgehead atoms. The SMILES string of the molecule is COc1cc2nn(C3CCC(CN4CCC(c5cccc6c5n(C)c(=O)n6C5CCC(=O)NC5=O)CC4)CC3)cc2cc1NC(=O)c1cncc(Cl)c1. The predicted molar refractivity (Wildman–Crippen MR) is 201 cm³/mol. The van der Waals surface area contributed by atoms with Crippen LogP contribution in [0.3, 0.4) is 0 Å². The fraction of sp³-hybridized carbons (Fsp3) is 0.436. The van der Waals surface area contributed by atoms with E-state index in [0.717, 1.165) is 85.7 Å². The largest absolute Gasteiger partial charge is 0.494 e. The number of pyridine rings is 1. The molecule has 14 heteroatoms. The van der Waals surface area contributed by atoms with Crippen LogP contribution in [0.2, 0.25) is 5.02 Å². The number of imidazole rings is 1. The number of hydrogen-bond acceptors (Lipinski definition) is 8. The van der Waals surface area contributed by atoms with E-state index in [9.17, 15) is 19.2 Å². The molecule has 3 aromatic heterocycles. The molecule has 53 heavy (non-hydrogen) atoms. The molecule has 5 aromatic rings. The van der Waals surface area contributed by atoms with Crippen molar-refractivity contribution in [2.24, 2.45) is 13.0 Å². The Labute approximate surface area is 311 Å². The second kappa shape index (κ2) is 14.4. The molecule has 1 unspecified atom stereocenters. The molecule has 1 saturated carbocycles. The van der Waals surface area contributed by atoms with Crippen molar-refractivity contribution in [2.75, 3.05) is 32.1 Å². The zero-order chi connectivity index (χ0) is 36.8. The first-order chi connectivity index (χ1) is 25.7. The van der Waals surface area contributed by atoms with E-state index in [1.54, 1.807) is 29.4 Å². The number of aryl methyl sites for hydroxylation is 1. The number of nitrogens with zero attached hydrogens (tertiary/aromatic N) is 6. The lowest BCUT2D eigenvalue weighted by Gasteiger charge is -2.37. The van der Waals surface area contributed by atoms with Crippen LogP contribution >= 0.6 is 11.6 Å². The second-order valence-corrected chi connectivity index (χ2v) is 15.1. The lowest BCUT2D eigenvalue weighted by Crippen LogP contribution is -2.44. The van der Waals surface area contributed by atoms with Gasteiger partial charge in [0.2, 0.25) is 11.8 Å². The first-order valence-electron chi connectivity index (χ1n) is 18.4. The maximum Gasteiger partial charge on any atom is 0.329 e. The van der Waals surface area contributed by atoms with Gasteiger partial charge >= 0.3 is 5.69 Å². The van der Waals surface area contributed by atoms with Gasteiger partial charge in [0, 0.05) is 50.1 Å². The fourth-order valence-electron chi connectivity index (χ4n) is 8.67. The summed E-state index contributed by atoms with van der Waals surface area (Å²) in [5.41, 5.74) is 4.32. The van der Waals surface area contributed by atoms with Gasteiger partial charge in [-0.15, -0.1) is 0 Å². The van der Waals surface area contributed by atoms with E-state index in [0.29, 0.717) is 46.3 Å². The van der Waals surface area contributed by atoms with Gasteiger partial charge in [0.1, 0.15) is 11.8 Å². The first kappa shape index (κ1) is 35.0. The number of likely N-dealkylation sites (tertiary alicyclic amines) is 1. The number of para-hydroxylation sites is 1. The third-order valence-electron chi connectivity index (χ3n) is 11.4. The molecule has 0 spiro atoms. The van der Waals surface area contributed by atoms with Gasteiger partial charge in [-0.2, -0.15) is 5.10 Å². The van der Waals surface area contributed by atoms with Crippen molar-refractivity contribution in [3.63, 3.8) is 0 Å². The number of benzene rings is 2. The molecule has 3 aliphatic rings. The topological polar surface area (TPSA) is 145 Å². The van der Waals surface area contributed by atoms with Crippen molar-refractivity contribution >= 4 is 56.9 Å². The van der Waals surface area contributed by atoms with Gasteiger partial charge in [-0.05, 0) is 93.6 Å². The van der Waals surface area contributed by atoms with Gasteiger partial charge in [0.15, 0.2) is 0 Å². The number of hydrogen-bond donors (Lipinski definition) is 2. The van der Waals surface area contributed by atoms with E-state index >= 15 is 0 Å². The summed E-state index contributed by atoms with van der Waals surface area (Å²) in [6, 6.07) is 11.0.